The van der Waals surface area contributed by atoms with Gasteiger partial charge in [0.2, 0.25) is 10.0 Å². The van der Waals surface area contributed by atoms with Gasteiger partial charge in [0.1, 0.15) is 5.82 Å². The van der Waals surface area contributed by atoms with Crippen LogP contribution in [0.15, 0.2) is 59.5 Å². The molecule has 0 atom stereocenters. The molecule has 3 nitrogen and oxygen atoms in total. The van der Waals surface area contributed by atoms with E-state index in [0.717, 1.165) is 0 Å². The van der Waals surface area contributed by atoms with Gasteiger partial charge in [0.25, 0.3) is 0 Å². The van der Waals surface area contributed by atoms with E-state index in [0.29, 0.717) is 5.56 Å². The lowest BCUT2D eigenvalue weighted by atomic mass is 10.2. The van der Waals surface area contributed by atoms with Gasteiger partial charge < -0.3 is 0 Å². The fraction of sp³-hybridized carbons (Fsp3) is 0.143. The van der Waals surface area contributed by atoms with Gasteiger partial charge in [0.15, 0.2) is 0 Å². The normalized spacial score (nSPS) is 11.7. The first-order valence-electron chi connectivity index (χ1n) is 5.76. The molecular weight excluding hydrogens is 265 g/mol. The number of halogens is 1. The number of hydrogen-bond donors (Lipinski definition) is 0. The van der Waals surface area contributed by atoms with E-state index in [9.17, 15) is 12.8 Å². The predicted octanol–water partition coefficient (Wildman–Crippen LogP) is 2.65. The molecule has 0 saturated carbocycles. The van der Waals surface area contributed by atoms with Crippen LogP contribution in [-0.2, 0) is 16.6 Å². The highest BCUT2D eigenvalue weighted by Crippen LogP contribution is 2.16. The van der Waals surface area contributed by atoms with E-state index in [1.165, 1.54) is 35.6 Å². The van der Waals surface area contributed by atoms with Gasteiger partial charge in [-0.2, -0.15) is 4.31 Å². The van der Waals surface area contributed by atoms with Crippen molar-refractivity contribution in [2.24, 2.45) is 0 Å². The number of nitrogens with zero attached hydrogens (tertiary/aromatic N) is 1. The number of hydrogen-bond acceptors (Lipinski definition) is 2. The molecule has 0 spiro atoms. The van der Waals surface area contributed by atoms with Crippen molar-refractivity contribution in [2.75, 3.05) is 7.05 Å². The minimum Gasteiger partial charge on any atom is -0.207 e. The maximum atomic E-state index is 13.1. The Labute approximate surface area is 112 Å². The molecule has 2 aromatic rings. The van der Waals surface area contributed by atoms with Crippen LogP contribution in [0.5, 0.6) is 0 Å². The Hall–Kier alpha value is -1.72. The van der Waals surface area contributed by atoms with Crippen LogP contribution < -0.4 is 0 Å². The van der Waals surface area contributed by atoms with Crippen molar-refractivity contribution in [1.29, 1.82) is 0 Å². The summed E-state index contributed by atoms with van der Waals surface area (Å²) in [7, 11) is -2.06. The summed E-state index contributed by atoms with van der Waals surface area (Å²) in [4.78, 5) is 0.230. The largest absolute Gasteiger partial charge is 0.243 e. The zero-order valence-corrected chi connectivity index (χ0v) is 11.3. The van der Waals surface area contributed by atoms with Crippen molar-refractivity contribution in [1.82, 2.24) is 4.31 Å². The first-order valence-corrected chi connectivity index (χ1v) is 7.20. The van der Waals surface area contributed by atoms with E-state index >= 15 is 0 Å². The van der Waals surface area contributed by atoms with E-state index in [4.69, 9.17) is 0 Å². The van der Waals surface area contributed by atoms with Crippen LogP contribution in [0.3, 0.4) is 0 Å². The van der Waals surface area contributed by atoms with Gasteiger partial charge >= 0.3 is 0 Å². The van der Waals surface area contributed by atoms with Crippen molar-refractivity contribution < 1.29 is 12.8 Å². The monoisotopic (exact) mass is 279 g/mol. The van der Waals surface area contributed by atoms with Gasteiger partial charge in [0, 0.05) is 13.6 Å². The number of rotatable bonds is 4. The highest BCUT2D eigenvalue weighted by Gasteiger charge is 2.20. The molecule has 0 aliphatic carbocycles. The summed E-state index contributed by atoms with van der Waals surface area (Å²) in [6.07, 6.45) is 0. The van der Waals surface area contributed by atoms with Crippen LogP contribution in [0.4, 0.5) is 4.39 Å². The van der Waals surface area contributed by atoms with Crippen molar-refractivity contribution in [3.05, 3.63) is 66.0 Å². The Morgan fingerprint density at radius 3 is 2.37 bits per heavy atom. The Morgan fingerprint density at radius 1 is 1.05 bits per heavy atom. The molecule has 100 valence electrons. The molecule has 2 aromatic carbocycles. The second kappa shape index (κ2) is 5.50. The fourth-order valence-corrected chi connectivity index (χ4v) is 2.93. The van der Waals surface area contributed by atoms with Crippen LogP contribution >= 0.6 is 0 Å². The van der Waals surface area contributed by atoms with E-state index in [-0.39, 0.29) is 17.3 Å². The quantitative estimate of drug-likeness (QED) is 0.863. The molecule has 2 rings (SSSR count). The van der Waals surface area contributed by atoms with Gasteiger partial charge in [-0.3, -0.25) is 0 Å². The predicted molar refractivity (Wildman–Crippen MR) is 71.5 cm³/mol. The lowest BCUT2D eigenvalue weighted by Gasteiger charge is -2.17. The zero-order valence-electron chi connectivity index (χ0n) is 10.5. The molecule has 0 aliphatic rings. The van der Waals surface area contributed by atoms with Crippen LogP contribution in [0.1, 0.15) is 5.56 Å². The lowest BCUT2D eigenvalue weighted by molar-refractivity contribution is 0.465. The van der Waals surface area contributed by atoms with Gasteiger partial charge in [0.05, 0.1) is 4.90 Å². The minimum atomic E-state index is -3.54. The Kier molecular flexibility index (Phi) is 3.97. The van der Waals surface area contributed by atoms with Crippen molar-refractivity contribution in [3.8, 4) is 0 Å². The van der Waals surface area contributed by atoms with Gasteiger partial charge in [-0.15, -0.1) is 0 Å². The summed E-state index contributed by atoms with van der Waals surface area (Å²) in [5.41, 5.74) is 0.613. The van der Waals surface area contributed by atoms with Crippen LogP contribution in [0, 0.1) is 5.82 Å². The molecule has 0 amide bonds. The topological polar surface area (TPSA) is 37.4 Å². The summed E-state index contributed by atoms with van der Waals surface area (Å²) < 4.78 is 38.8. The molecule has 0 radical (unpaired) electrons. The molecule has 0 saturated heterocycles. The Morgan fingerprint density at radius 2 is 1.74 bits per heavy atom. The Bertz CT molecular complexity index is 656. The molecule has 19 heavy (non-hydrogen) atoms. The molecule has 0 heterocycles. The highest BCUT2D eigenvalue weighted by atomic mass is 32.2. The zero-order chi connectivity index (χ0) is 13.9. The lowest BCUT2D eigenvalue weighted by Crippen LogP contribution is -2.26. The van der Waals surface area contributed by atoms with E-state index < -0.39 is 10.0 Å². The SMILES string of the molecule is CN(Cc1cccc(F)c1)S(=O)(=O)c1ccccc1. The average Bonchev–Trinajstić information content (AvgIpc) is 2.39. The molecule has 0 N–H and O–H groups in total. The minimum absolute atomic E-state index is 0.134. The molecular formula is C14H14FNO2S. The second-order valence-electron chi connectivity index (χ2n) is 4.20. The number of sulfonamides is 1. The second-order valence-corrected chi connectivity index (χ2v) is 6.25. The standard InChI is InChI=1S/C14H14FNO2S/c1-16(11-12-6-5-7-13(15)10-12)19(17,18)14-8-3-2-4-9-14/h2-10H,11H2,1H3. The maximum absolute atomic E-state index is 13.1. The van der Waals surface area contributed by atoms with Gasteiger partial charge in [-0.1, -0.05) is 30.3 Å². The van der Waals surface area contributed by atoms with Crippen LogP contribution in [-0.4, -0.2) is 19.8 Å². The Balaban J connectivity index is 2.23. The first kappa shape index (κ1) is 13.7. The summed E-state index contributed by atoms with van der Waals surface area (Å²) in [5, 5.41) is 0. The third-order valence-electron chi connectivity index (χ3n) is 2.75. The van der Waals surface area contributed by atoms with Crippen LogP contribution in [0.2, 0.25) is 0 Å². The molecule has 5 heteroatoms. The highest BCUT2D eigenvalue weighted by molar-refractivity contribution is 7.89. The van der Waals surface area contributed by atoms with Crippen molar-refractivity contribution in [3.63, 3.8) is 0 Å². The summed E-state index contributed by atoms with van der Waals surface area (Å²) in [6, 6.07) is 14.1. The van der Waals surface area contributed by atoms with Crippen LogP contribution in [0.25, 0.3) is 0 Å². The van der Waals surface area contributed by atoms with E-state index in [1.807, 2.05) is 0 Å². The summed E-state index contributed by atoms with van der Waals surface area (Å²) >= 11 is 0. The molecule has 0 aliphatic heterocycles. The summed E-state index contributed by atoms with van der Waals surface area (Å²) in [6.45, 7) is 0.134. The van der Waals surface area contributed by atoms with Crippen molar-refractivity contribution >= 4 is 10.0 Å². The molecule has 0 fully saturated rings. The van der Waals surface area contributed by atoms with E-state index in [2.05, 4.69) is 0 Å². The first-order chi connectivity index (χ1) is 9.00. The summed E-state index contributed by atoms with van der Waals surface area (Å²) in [5.74, 6) is -0.372. The average molecular weight is 279 g/mol. The molecule has 0 unspecified atom stereocenters. The number of benzene rings is 2. The fourth-order valence-electron chi connectivity index (χ4n) is 1.75. The molecule has 0 bridgehead atoms. The van der Waals surface area contributed by atoms with E-state index in [1.54, 1.807) is 30.3 Å². The van der Waals surface area contributed by atoms with Crippen molar-refractivity contribution in [2.45, 2.75) is 11.4 Å². The smallest absolute Gasteiger partial charge is 0.207 e. The van der Waals surface area contributed by atoms with Gasteiger partial charge in [-0.25, -0.2) is 12.8 Å². The molecule has 0 aromatic heterocycles. The third kappa shape index (κ3) is 3.19. The third-order valence-corrected chi connectivity index (χ3v) is 4.56. The maximum Gasteiger partial charge on any atom is 0.243 e. The van der Waals surface area contributed by atoms with Gasteiger partial charge in [-0.05, 0) is 29.8 Å².